The summed E-state index contributed by atoms with van der Waals surface area (Å²) >= 11 is 6.10. The number of halogens is 3. The Bertz CT molecular complexity index is 389. The fraction of sp³-hybridized carbons (Fsp3) is 0.500. The Morgan fingerprint density at radius 2 is 2.00 bits per heavy atom. The zero-order chi connectivity index (χ0) is 12.0. The number of hydrogen-bond donors (Lipinski definition) is 1. The Morgan fingerprint density at radius 1 is 1.38 bits per heavy atom. The molecule has 1 fully saturated rings. The summed E-state index contributed by atoms with van der Waals surface area (Å²) < 4.78 is 26.1. The van der Waals surface area contributed by atoms with E-state index in [9.17, 15) is 8.78 Å². The minimum Gasteiger partial charge on any atom is -0.330 e. The predicted octanol–water partition coefficient (Wildman–Crippen LogP) is 3.27. The first kappa shape index (κ1) is 11.8. The van der Waals surface area contributed by atoms with Crippen LogP contribution in [0.15, 0.2) is 18.2 Å². The van der Waals surface area contributed by atoms with Gasteiger partial charge in [0.1, 0.15) is 0 Å². The number of alkyl halides is 2. The molecule has 1 aromatic rings. The lowest BCUT2D eigenvalue weighted by Crippen LogP contribution is -2.54. The van der Waals surface area contributed by atoms with Gasteiger partial charge in [-0.05, 0) is 24.1 Å². The van der Waals surface area contributed by atoms with E-state index < -0.39 is 11.3 Å². The van der Waals surface area contributed by atoms with Crippen molar-refractivity contribution in [1.29, 1.82) is 0 Å². The molecule has 0 heterocycles. The molecule has 88 valence electrons. The Kier molecular flexibility index (Phi) is 2.71. The van der Waals surface area contributed by atoms with E-state index >= 15 is 0 Å². The molecular weight excluding hydrogens is 232 g/mol. The molecule has 2 rings (SSSR count). The molecular formula is C12H14ClF2N. The van der Waals surface area contributed by atoms with Crippen molar-refractivity contribution >= 4 is 11.6 Å². The normalized spacial score (nSPS) is 21.6. The van der Waals surface area contributed by atoms with Crippen molar-refractivity contribution < 1.29 is 8.78 Å². The van der Waals surface area contributed by atoms with Crippen molar-refractivity contribution in [2.75, 3.05) is 6.54 Å². The molecule has 0 saturated heterocycles. The van der Waals surface area contributed by atoms with Crippen molar-refractivity contribution in [2.45, 2.75) is 31.1 Å². The third kappa shape index (κ3) is 1.72. The summed E-state index contributed by atoms with van der Waals surface area (Å²) in [5, 5.41) is 0.543. The highest BCUT2D eigenvalue weighted by atomic mass is 35.5. The van der Waals surface area contributed by atoms with E-state index in [4.69, 9.17) is 17.3 Å². The van der Waals surface area contributed by atoms with Gasteiger partial charge in [0.2, 0.25) is 5.92 Å². The van der Waals surface area contributed by atoms with Crippen LogP contribution in [-0.4, -0.2) is 12.5 Å². The van der Waals surface area contributed by atoms with E-state index in [-0.39, 0.29) is 19.4 Å². The Balaban J connectivity index is 2.43. The summed E-state index contributed by atoms with van der Waals surface area (Å²) in [6, 6.07) is 5.44. The second kappa shape index (κ2) is 3.67. The van der Waals surface area contributed by atoms with Gasteiger partial charge < -0.3 is 5.73 Å². The van der Waals surface area contributed by atoms with E-state index in [1.165, 1.54) is 0 Å². The van der Waals surface area contributed by atoms with Crippen LogP contribution in [0.5, 0.6) is 0 Å². The zero-order valence-corrected chi connectivity index (χ0v) is 9.82. The summed E-state index contributed by atoms with van der Waals surface area (Å²) in [6.07, 6.45) is -0.387. The molecule has 0 spiro atoms. The van der Waals surface area contributed by atoms with Crippen LogP contribution in [0.3, 0.4) is 0 Å². The van der Waals surface area contributed by atoms with Gasteiger partial charge in [-0.1, -0.05) is 23.7 Å². The summed E-state index contributed by atoms with van der Waals surface area (Å²) in [7, 11) is 0. The monoisotopic (exact) mass is 245 g/mol. The minimum atomic E-state index is -2.59. The average Bonchev–Trinajstić information content (AvgIpc) is 2.13. The lowest BCUT2D eigenvalue weighted by atomic mass is 9.61. The Hall–Kier alpha value is -0.670. The fourth-order valence-corrected chi connectivity index (χ4v) is 3.09. The minimum absolute atomic E-state index is 0.193. The van der Waals surface area contributed by atoms with Gasteiger partial charge in [0, 0.05) is 29.8 Å². The summed E-state index contributed by atoms with van der Waals surface area (Å²) in [5.41, 5.74) is 6.77. The highest BCUT2D eigenvalue weighted by Crippen LogP contribution is 2.54. The predicted molar refractivity (Wildman–Crippen MR) is 61.1 cm³/mol. The first-order valence-electron chi connectivity index (χ1n) is 5.24. The fourth-order valence-electron chi connectivity index (χ4n) is 2.67. The number of benzene rings is 1. The van der Waals surface area contributed by atoms with Crippen molar-refractivity contribution in [3.05, 3.63) is 34.3 Å². The van der Waals surface area contributed by atoms with E-state index in [0.29, 0.717) is 5.02 Å². The molecule has 0 atom stereocenters. The second-order valence-electron chi connectivity index (χ2n) is 4.63. The number of hydrogen-bond acceptors (Lipinski definition) is 1. The zero-order valence-electron chi connectivity index (χ0n) is 9.06. The molecule has 1 nitrogen and oxygen atoms in total. The SMILES string of the molecule is Cc1cccc(Cl)c1C1(CN)CC(F)(F)C1. The molecule has 0 unspecified atom stereocenters. The van der Waals surface area contributed by atoms with Gasteiger partial charge in [0.25, 0.3) is 0 Å². The van der Waals surface area contributed by atoms with Crippen LogP contribution >= 0.6 is 11.6 Å². The molecule has 0 amide bonds. The van der Waals surface area contributed by atoms with Crippen LogP contribution in [0.2, 0.25) is 5.02 Å². The molecule has 2 N–H and O–H groups in total. The van der Waals surface area contributed by atoms with Crippen molar-refractivity contribution in [2.24, 2.45) is 5.73 Å². The van der Waals surface area contributed by atoms with Gasteiger partial charge in [-0.3, -0.25) is 0 Å². The number of aryl methyl sites for hydroxylation is 1. The van der Waals surface area contributed by atoms with Gasteiger partial charge >= 0.3 is 0 Å². The number of nitrogens with two attached hydrogens (primary N) is 1. The molecule has 1 aliphatic rings. The van der Waals surface area contributed by atoms with Crippen LogP contribution in [-0.2, 0) is 5.41 Å². The molecule has 1 aromatic carbocycles. The molecule has 0 aliphatic heterocycles. The molecule has 4 heteroatoms. The molecule has 1 saturated carbocycles. The average molecular weight is 246 g/mol. The first-order valence-corrected chi connectivity index (χ1v) is 5.61. The van der Waals surface area contributed by atoms with Crippen LogP contribution < -0.4 is 5.73 Å². The highest BCUT2D eigenvalue weighted by Gasteiger charge is 2.57. The largest absolute Gasteiger partial charge is 0.330 e. The quantitative estimate of drug-likeness (QED) is 0.850. The smallest absolute Gasteiger partial charge is 0.250 e. The molecule has 16 heavy (non-hydrogen) atoms. The molecule has 0 bridgehead atoms. The Morgan fingerprint density at radius 3 is 2.44 bits per heavy atom. The van der Waals surface area contributed by atoms with Gasteiger partial charge in [0.05, 0.1) is 0 Å². The molecule has 0 radical (unpaired) electrons. The van der Waals surface area contributed by atoms with Crippen LogP contribution in [0.1, 0.15) is 24.0 Å². The van der Waals surface area contributed by atoms with E-state index in [0.717, 1.165) is 11.1 Å². The lowest BCUT2D eigenvalue weighted by Gasteiger charge is -2.48. The number of rotatable bonds is 2. The molecule has 0 aromatic heterocycles. The highest BCUT2D eigenvalue weighted by molar-refractivity contribution is 6.31. The maximum Gasteiger partial charge on any atom is 0.250 e. The summed E-state index contributed by atoms with van der Waals surface area (Å²) in [4.78, 5) is 0. The van der Waals surface area contributed by atoms with E-state index in [2.05, 4.69) is 0 Å². The standard InChI is InChI=1S/C12H14ClF2N/c1-8-3-2-4-9(13)10(8)11(7-16)5-12(14,15)6-11/h2-4H,5-7,16H2,1H3. The van der Waals surface area contributed by atoms with Crippen LogP contribution in [0.25, 0.3) is 0 Å². The van der Waals surface area contributed by atoms with E-state index in [1.807, 2.05) is 19.1 Å². The van der Waals surface area contributed by atoms with Gasteiger partial charge in [-0.15, -0.1) is 0 Å². The van der Waals surface area contributed by atoms with Crippen molar-refractivity contribution in [3.8, 4) is 0 Å². The van der Waals surface area contributed by atoms with E-state index in [1.54, 1.807) is 6.07 Å². The lowest BCUT2D eigenvalue weighted by molar-refractivity contribution is -0.123. The Labute approximate surface area is 98.6 Å². The molecule has 1 aliphatic carbocycles. The topological polar surface area (TPSA) is 26.0 Å². The van der Waals surface area contributed by atoms with Gasteiger partial charge in [0.15, 0.2) is 0 Å². The second-order valence-corrected chi connectivity index (χ2v) is 5.03. The third-order valence-corrected chi connectivity index (χ3v) is 3.65. The van der Waals surface area contributed by atoms with Gasteiger partial charge in [-0.2, -0.15) is 0 Å². The third-order valence-electron chi connectivity index (χ3n) is 3.34. The first-order chi connectivity index (χ1) is 7.40. The van der Waals surface area contributed by atoms with Crippen LogP contribution in [0.4, 0.5) is 8.78 Å². The van der Waals surface area contributed by atoms with Crippen LogP contribution in [0, 0.1) is 6.92 Å². The summed E-state index contributed by atoms with van der Waals surface area (Å²) in [5.74, 6) is -2.59. The van der Waals surface area contributed by atoms with Gasteiger partial charge in [-0.25, -0.2) is 8.78 Å². The maximum absolute atomic E-state index is 13.1. The maximum atomic E-state index is 13.1. The van der Waals surface area contributed by atoms with Crippen molar-refractivity contribution in [1.82, 2.24) is 0 Å². The van der Waals surface area contributed by atoms with Crippen molar-refractivity contribution in [3.63, 3.8) is 0 Å². The summed E-state index contributed by atoms with van der Waals surface area (Å²) in [6.45, 7) is 2.10.